The molecule has 8 aromatic carbocycles. The first-order chi connectivity index (χ1) is 26.7. The lowest BCUT2D eigenvalue weighted by atomic mass is 9.99. The predicted octanol–water partition coefficient (Wildman–Crippen LogP) is 13.6. The van der Waals surface area contributed by atoms with Gasteiger partial charge in [-0.3, -0.25) is 0 Å². The molecule has 11 aromatic rings. The summed E-state index contributed by atoms with van der Waals surface area (Å²) in [6, 6.07) is 61.5. The molecule has 0 aliphatic rings. The zero-order valence-corrected chi connectivity index (χ0v) is 29.7. The molecule has 0 spiro atoms. The van der Waals surface area contributed by atoms with E-state index in [9.17, 15) is 0 Å². The summed E-state index contributed by atoms with van der Waals surface area (Å²) in [6.45, 7) is 0. The van der Waals surface area contributed by atoms with E-state index in [0.29, 0.717) is 17.5 Å². The molecule has 0 fully saturated rings. The molecule has 4 nitrogen and oxygen atoms in total. The first kappa shape index (κ1) is 30.7. The Kier molecular flexibility index (Phi) is 7.00. The van der Waals surface area contributed by atoms with E-state index in [2.05, 4.69) is 152 Å². The Morgan fingerprint density at radius 3 is 1.69 bits per heavy atom. The molecule has 11 rings (SSSR count). The molecule has 0 aliphatic carbocycles. The third kappa shape index (κ3) is 5.01. The molecule has 54 heavy (non-hydrogen) atoms. The predicted molar refractivity (Wildman–Crippen MR) is 225 cm³/mol. The summed E-state index contributed by atoms with van der Waals surface area (Å²) in [5, 5.41) is 6.92. The fourth-order valence-corrected chi connectivity index (χ4v) is 9.13. The van der Waals surface area contributed by atoms with Crippen LogP contribution in [0.1, 0.15) is 0 Å². The van der Waals surface area contributed by atoms with Gasteiger partial charge in [-0.2, -0.15) is 0 Å². The van der Waals surface area contributed by atoms with Crippen molar-refractivity contribution in [3.63, 3.8) is 0 Å². The first-order valence-corrected chi connectivity index (χ1v) is 18.8. The fraction of sp³-hybridized carbons (Fsp3) is 0. The second-order valence-electron chi connectivity index (χ2n) is 13.6. The molecule has 0 aliphatic heterocycles. The normalized spacial score (nSPS) is 11.7. The van der Waals surface area contributed by atoms with Gasteiger partial charge in [-0.05, 0) is 57.3 Å². The summed E-state index contributed by atoms with van der Waals surface area (Å²) < 4.78 is 8.85. The summed E-state index contributed by atoms with van der Waals surface area (Å²) in [7, 11) is 0. The lowest BCUT2D eigenvalue weighted by molar-refractivity contribution is 0.669. The molecule has 0 atom stereocenters. The Morgan fingerprint density at radius 2 is 0.870 bits per heavy atom. The second-order valence-corrected chi connectivity index (χ2v) is 14.6. The summed E-state index contributed by atoms with van der Waals surface area (Å²) in [5.74, 6) is 1.84. The Balaban J connectivity index is 1.09. The van der Waals surface area contributed by atoms with Gasteiger partial charge in [0.2, 0.25) is 0 Å². The Labute approximate surface area is 314 Å². The van der Waals surface area contributed by atoms with Crippen molar-refractivity contribution < 1.29 is 4.42 Å². The first-order valence-electron chi connectivity index (χ1n) is 18.0. The van der Waals surface area contributed by atoms with Crippen molar-refractivity contribution in [3.8, 4) is 56.4 Å². The van der Waals surface area contributed by atoms with Crippen molar-refractivity contribution in [3.05, 3.63) is 176 Å². The van der Waals surface area contributed by atoms with E-state index in [1.54, 1.807) is 0 Å². The number of thiophene rings is 1. The minimum absolute atomic E-state index is 0.593. The average Bonchev–Trinajstić information content (AvgIpc) is 3.82. The largest absolute Gasteiger partial charge is 0.456 e. The van der Waals surface area contributed by atoms with E-state index in [1.807, 2.05) is 35.6 Å². The van der Waals surface area contributed by atoms with Crippen LogP contribution >= 0.6 is 11.3 Å². The summed E-state index contributed by atoms with van der Waals surface area (Å²) >= 11 is 1.86. The van der Waals surface area contributed by atoms with E-state index < -0.39 is 0 Å². The van der Waals surface area contributed by atoms with Crippen LogP contribution in [0.3, 0.4) is 0 Å². The van der Waals surface area contributed by atoms with Gasteiger partial charge in [0.05, 0.1) is 0 Å². The maximum Gasteiger partial charge on any atom is 0.164 e. The highest BCUT2D eigenvalue weighted by Crippen LogP contribution is 2.44. The Bertz CT molecular complexity index is 3230. The van der Waals surface area contributed by atoms with E-state index in [-0.39, 0.29) is 0 Å². The molecule has 0 unspecified atom stereocenters. The van der Waals surface area contributed by atoms with Crippen LogP contribution in [-0.2, 0) is 0 Å². The van der Waals surface area contributed by atoms with Crippen LogP contribution < -0.4 is 0 Å². The number of aromatic nitrogens is 3. The third-order valence-corrected chi connectivity index (χ3v) is 11.6. The van der Waals surface area contributed by atoms with Crippen molar-refractivity contribution in [2.45, 2.75) is 0 Å². The SMILES string of the molecule is c1ccc(-c2cccc3c2sc2c(-c4cccc(-c5nc(-c6ccc7c(c6)oc6ccccc67)nc(-c6cccc7ccccc67)n5)c4)cccc23)cc1. The lowest BCUT2D eigenvalue weighted by Gasteiger charge is -2.11. The number of para-hydroxylation sites is 1. The number of rotatable bonds is 5. The smallest absolute Gasteiger partial charge is 0.164 e. The number of furan rings is 1. The standard InChI is InChI=1S/C49H29N3OS/c1-2-12-31(13-3-1)36-20-10-22-40-41-23-11-21-37(46(41)54-45(36)40)32-16-8-17-33(28-32)47-50-48(34-26-27-39-38-19-6-7-25-43(38)53-44(39)29-34)52-49(51-47)42-24-9-15-30-14-4-5-18-35(30)42/h1-29H. The number of benzene rings is 8. The van der Waals surface area contributed by atoms with Crippen LogP contribution in [-0.4, -0.2) is 15.0 Å². The molecule has 5 heteroatoms. The van der Waals surface area contributed by atoms with Gasteiger partial charge in [-0.1, -0.05) is 152 Å². The molecule has 3 heterocycles. The Morgan fingerprint density at radius 1 is 0.333 bits per heavy atom. The van der Waals surface area contributed by atoms with Gasteiger partial charge in [0.1, 0.15) is 11.2 Å². The zero-order valence-electron chi connectivity index (χ0n) is 28.9. The van der Waals surface area contributed by atoms with Crippen molar-refractivity contribution >= 4 is 64.2 Å². The maximum atomic E-state index is 6.29. The molecule has 252 valence electrons. The van der Waals surface area contributed by atoms with Crippen LogP contribution in [0.4, 0.5) is 0 Å². The number of hydrogen-bond donors (Lipinski definition) is 0. The highest BCUT2D eigenvalue weighted by molar-refractivity contribution is 7.26. The number of hydrogen-bond acceptors (Lipinski definition) is 5. The summed E-state index contributed by atoms with van der Waals surface area (Å²) in [6.07, 6.45) is 0. The summed E-state index contributed by atoms with van der Waals surface area (Å²) in [4.78, 5) is 15.5. The second kappa shape index (κ2) is 12.3. The van der Waals surface area contributed by atoms with Crippen molar-refractivity contribution in [2.24, 2.45) is 0 Å². The molecule has 0 saturated carbocycles. The van der Waals surface area contributed by atoms with Gasteiger partial charge >= 0.3 is 0 Å². The summed E-state index contributed by atoms with van der Waals surface area (Å²) in [5.41, 5.74) is 9.20. The maximum absolute atomic E-state index is 6.29. The monoisotopic (exact) mass is 707 g/mol. The van der Waals surface area contributed by atoms with Gasteiger partial charge in [0, 0.05) is 47.6 Å². The number of nitrogens with zero attached hydrogens (tertiary/aromatic N) is 3. The molecular weight excluding hydrogens is 679 g/mol. The highest BCUT2D eigenvalue weighted by Gasteiger charge is 2.18. The van der Waals surface area contributed by atoms with E-state index in [1.165, 1.54) is 36.9 Å². The van der Waals surface area contributed by atoms with Crippen molar-refractivity contribution in [2.75, 3.05) is 0 Å². The lowest BCUT2D eigenvalue weighted by Crippen LogP contribution is -2.00. The van der Waals surface area contributed by atoms with Crippen LogP contribution in [0.2, 0.25) is 0 Å². The van der Waals surface area contributed by atoms with Crippen LogP contribution in [0.15, 0.2) is 180 Å². The van der Waals surface area contributed by atoms with E-state index >= 15 is 0 Å². The molecule has 0 amide bonds. The molecule has 0 radical (unpaired) electrons. The van der Waals surface area contributed by atoms with Crippen LogP contribution in [0.25, 0.3) is 109 Å². The van der Waals surface area contributed by atoms with Crippen LogP contribution in [0, 0.1) is 0 Å². The minimum Gasteiger partial charge on any atom is -0.456 e. The van der Waals surface area contributed by atoms with Crippen LogP contribution in [0.5, 0.6) is 0 Å². The van der Waals surface area contributed by atoms with Gasteiger partial charge in [-0.15, -0.1) is 11.3 Å². The fourth-order valence-electron chi connectivity index (χ4n) is 7.76. The van der Waals surface area contributed by atoms with E-state index in [0.717, 1.165) is 55.0 Å². The Hall–Kier alpha value is -6.95. The topological polar surface area (TPSA) is 51.8 Å². The van der Waals surface area contributed by atoms with Crippen molar-refractivity contribution in [1.82, 2.24) is 15.0 Å². The van der Waals surface area contributed by atoms with Gasteiger partial charge in [-0.25, -0.2) is 15.0 Å². The average molecular weight is 708 g/mol. The minimum atomic E-state index is 0.593. The highest BCUT2D eigenvalue weighted by atomic mass is 32.1. The molecule has 0 bridgehead atoms. The van der Waals surface area contributed by atoms with Crippen molar-refractivity contribution in [1.29, 1.82) is 0 Å². The third-order valence-electron chi connectivity index (χ3n) is 10.3. The molecule has 0 saturated heterocycles. The zero-order chi connectivity index (χ0) is 35.6. The van der Waals surface area contributed by atoms with Gasteiger partial charge in [0.25, 0.3) is 0 Å². The quantitative estimate of drug-likeness (QED) is 0.179. The molecular formula is C49H29N3OS. The molecule has 3 aromatic heterocycles. The number of fused-ring (bicyclic) bond motifs is 7. The molecule has 0 N–H and O–H groups in total. The van der Waals surface area contributed by atoms with Gasteiger partial charge < -0.3 is 4.42 Å². The van der Waals surface area contributed by atoms with E-state index in [4.69, 9.17) is 19.4 Å². The van der Waals surface area contributed by atoms with Gasteiger partial charge in [0.15, 0.2) is 17.5 Å².